The molecule has 3 N–H and O–H groups in total. The molecule has 2 aliphatic heterocycles. The summed E-state index contributed by atoms with van der Waals surface area (Å²) in [7, 11) is 1.55. The van der Waals surface area contributed by atoms with Crippen LogP contribution in [0.3, 0.4) is 0 Å². The monoisotopic (exact) mass is 325 g/mol. The van der Waals surface area contributed by atoms with Crippen molar-refractivity contribution in [1.82, 2.24) is 10.2 Å². The molecule has 0 radical (unpaired) electrons. The van der Waals surface area contributed by atoms with Gasteiger partial charge in [-0.2, -0.15) is 0 Å². The zero-order valence-electron chi connectivity index (χ0n) is 12.4. The van der Waals surface area contributed by atoms with Gasteiger partial charge in [0.25, 0.3) is 0 Å². The number of ether oxygens (including phenoxy) is 1. The number of halogens is 1. The van der Waals surface area contributed by atoms with Gasteiger partial charge in [-0.1, -0.05) is 11.6 Å². The Kier molecular flexibility index (Phi) is 4.16. The Hall–Kier alpha value is -1.50. The van der Waals surface area contributed by atoms with Gasteiger partial charge in [0.15, 0.2) is 0 Å². The number of urea groups is 1. The summed E-state index contributed by atoms with van der Waals surface area (Å²) in [5, 5.41) is 16.4. The van der Waals surface area contributed by atoms with Crippen molar-refractivity contribution in [2.75, 3.05) is 45.2 Å². The van der Waals surface area contributed by atoms with Crippen molar-refractivity contribution in [2.45, 2.75) is 0 Å². The zero-order valence-corrected chi connectivity index (χ0v) is 13.2. The number of nitrogens with one attached hydrogen (secondary N) is 2. The summed E-state index contributed by atoms with van der Waals surface area (Å²) < 4.78 is 5.24. The van der Waals surface area contributed by atoms with Crippen LogP contribution in [0, 0.1) is 11.3 Å². The normalized spacial score (nSPS) is 26.9. The third-order valence-corrected chi connectivity index (χ3v) is 4.92. The molecule has 2 unspecified atom stereocenters. The van der Waals surface area contributed by atoms with Crippen molar-refractivity contribution < 1.29 is 14.6 Å². The number of nitrogens with zero attached hydrogens (tertiary/aromatic N) is 1. The third kappa shape index (κ3) is 2.62. The fraction of sp³-hybridized carbons (Fsp3) is 0.533. The standard InChI is InChI=1S/C15H20ClN3O3/c1-22-13-3-2-11(16)4-12(13)18-14(21)19-6-10-5-17-7-15(10,8-19)9-20/h2-4,10,17,20H,5-9H2,1H3,(H,18,21). The topological polar surface area (TPSA) is 73.8 Å². The van der Waals surface area contributed by atoms with E-state index in [0.717, 1.165) is 13.1 Å². The summed E-state index contributed by atoms with van der Waals surface area (Å²) in [5.41, 5.74) is 0.337. The van der Waals surface area contributed by atoms with Crippen LogP contribution >= 0.6 is 11.6 Å². The van der Waals surface area contributed by atoms with Gasteiger partial charge in [-0.15, -0.1) is 0 Å². The first-order valence-electron chi connectivity index (χ1n) is 7.29. The molecule has 6 nitrogen and oxygen atoms in total. The first kappa shape index (κ1) is 15.4. The van der Waals surface area contributed by atoms with Gasteiger partial charge in [0.05, 0.1) is 19.4 Å². The van der Waals surface area contributed by atoms with E-state index in [1.54, 1.807) is 30.2 Å². The van der Waals surface area contributed by atoms with Crippen molar-refractivity contribution >= 4 is 23.3 Å². The number of anilines is 1. The molecule has 2 aliphatic rings. The number of benzene rings is 1. The molecular weight excluding hydrogens is 306 g/mol. The maximum atomic E-state index is 12.5. The van der Waals surface area contributed by atoms with Crippen LogP contribution in [0.25, 0.3) is 0 Å². The highest BCUT2D eigenvalue weighted by Crippen LogP contribution is 2.39. The average Bonchev–Trinajstić information content (AvgIpc) is 3.04. The van der Waals surface area contributed by atoms with E-state index in [2.05, 4.69) is 10.6 Å². The number of hydrogen-bond donors (Lipinski definition) is 3. The SMILES string of the molecule is COc1ccc(Cl)cc1NC(=O)N1CC2CNCC2(CO)C1. The predicted octanol–water partition coefficient (Wildman–Crippen LogP) is 1.39. The molecule has 0 aromatic heterocycles. The van der Waals surface area contributed by atoms with Gasteiger partial charge in [0, 0.05) is 36.6 Å². The smallest absolute Gasteiger partial charge is 0.321 e. The third-order valence-electron chi connectivity index (χ3n) is 4.69. The van der Waals surface area contributed by atoms with E-state index in [1.807, 2.05) is 0 Å². The predicted molar refractivity (Wildman–Crippen MR) is 84.5 cm³/mol. The molecule has 0 saturated carbocycles. The number of carbonyl (C=O) groups excluding carboxylic acids is 1. The Bertz CT molecular complexity index is 583. The summed E-state index contributed by atoms with van der Waals surface area (Å²) >= 11 is 5.98. The summed E-state index contributed by atoms with van der Waals surface area (Å²) in [6.45, 7) is 2.87. The minimum Gasteiger partial charge on any atom is -0.495 e. The second-order valence-electron chi connectivity index (χ2n) is 6.00. The second kappa shape index (κ2) is 5.95. The van der Waals surface area contributed by atoms with Crippen LogP contribution in [0.5, 0.6) is 5.75 Å². The summed E-state index contributed by atoms with van der Waals surface area (Å²) in [6.07, 6.45) is 0. The number of aliphatic hydroxyl groups excluding tert-OH is 1. The van der Waals surface area contributed by atoms with Crippen LogP contribution in [-0.2, 0) is 0 Å². The van der Waals surface area contributed by atoms with Gasteiger partial charge in [-0.05, 0) is 24.1 Å². The van der Waals surface area contributed by atoms with Crippen molar-refractivity contribution in [2.24, 2.45) is 11.3 Å². The first-order chi connectivity index (χ1) is 10.6. The van der Waals surface area contributed by atoms with Crippen molar-refractivity contribution in [3.63, 3.8) is 0 Å². The number of hydrogen-bond acceptors (Lipinski definition) is 4. The lowest BCUT2D eigenvalue weighted by Crippen LogP contribution is -2.39. The minimum atomic E-state index is -0.213. The van der Waals surface area contributed by atoms with Gasteiger partial charge in [0.2, 0.25) is 0 Å². The van der Waals surface area contributed by atoms with E-state index in [4.69, 9.17) is 16.3 Å². The van der Waals surface area contributed by atoms with Crippen LogP contribution in [0.15, 0.2) is 18.2 Å². The van der Waals surface area contributed by atoms with Gasteiger partial charge >= 0.3 is 6.03 Å². The molecule has 22 heavy (non-hydrogen) atoms. The van der Waals surface area contributed by atoms with Crippen molar-refractivity contribution in [1.29, 1.82) is 0 Å². The number of aliphatic hydroxyl groups is 1. The molecule has 3 rings (SSSR count). The molecule has 2 fully saturated rings. The zero-order chi connectivity index (χ0) is 15.7. The number of fused-ring (bicyclic) bond motifs is 1. The Balaban J connectivity index is 1.72. The van der Waals surface area contributed by atoms with E-state index < -0.39 is 0 Å². The van der Waals surface area contributed by atoms with Gasteiger partial charge in [0.1, 0.15) is 5.75 Å². The fourth-order valence-corrected chi connectivity index (χ4v) is 3.54. The number of methoxy groups -OCH3 is 1. The molecule has 0 bridgehead atoms. The highest BCUT2D eigenvalue weighted by atomic mass is 35.5. The molecule has 0 aliphatic carbocycles. The summed E-state index contributed by atoms with van der Waals surface area (Å²) in [5.74, 6) is 0.861. The molecule has 2 atom stereocenters. The van der Waals surface area contributed by atoms with Crippen LogP contribution in [-0.4, -0.2) is 55.9 Å². The first-order valence-corrected chi connectivity index (χ1v) is 7.67. The Labute approximate surface area is 134 Å². The largest absolute Gasteiger partial charge is 0.495 e. The Morgan fingerprint density at radius 1 is 1.64 bits per heavy atom. The molecule has 2 saturated heterocycles. The van der Waals surface area contributed by atoms with E-state index >= 15 is 0 Å². The fourth-order valence-electron chi connectivity index (χ4n) is 3.37. The van der Waals surface area contributed by atoms with Crippen molar-refractivity contribution in [3.8, 4) is 5.75 Å². The van der Waals surface area contributed by atoms with Crippen LogP contribution in [0.4, 0.5) is 10.5 Å². The lowest BCUT2D eigenvalue weighted by molar-refractivity contribution is 0.127. The molecular formula is C15H20ClN3O3. The molecule has 1 aromatic rings. The van der Waals surface area contributed by atoms with Crippen molar-refractivity contribution in [3.05, 3.63) is 23.2 Å². The minimum absolute atomic E-state index is 0.0922. The summed E-state index contributed by atoms with van der Waals surface area (Å²) in [6, 6.07) is 4.90. The van der Waals surface area contributed by atoms with Gasteiger partial charge < -0.3 is 25.4 Å². The maximum absolute atomic E-state index is 12.5. The van der Waals surface area contributed by atoms with E-state index in [9.17, 15) is 9.90 Å². The molecule has 120 valence electrons. The molecule has 0 spiro atoms. The quantitative estimate of drug-likeness (QED) is 0.785. The summed E-state index contributed by atoms with van der Waals surface area (Å²) in [4.78, 5) is 14.2. The van der Waals surface area contributed by atoms with E-state index in [1.165, 1.54) is 0 Å². The van der Waals surface area contributed by atoms with E-state index in [0.29, 0.717) is 35.5 Å². The molecule has 7 heteroatoms. The van der Waals surface area contributed by atoms with Crippen LogP contribution in [0.2, 0.25) is 5.02 Å². The number of likely N-dealkylation sites (tertiary alicyclic amines) is 1. The Morgan fingerprint density at radius 2 is 2.45 bits per heavy atom. The molecule has 2 heterocycles. The van der Waals surface area contributed by atoms with Gasteiger partial charge in [-0.3, -0.25) is 0 Å². The lowest BCUT2D eigenvalue weighted by Gasteiger charge is -2.25. The van der Waals surface area contributed by atoms with Gasteiger partial charge in [-0.25, -0.2) is 4.79 Å². The highest BCUT2D eigenvalue weighted by Gasteiger charge is 2.50. The number of carbonyl (C=O) groups is 1. The number of amides is 2. The second-order valence-corrected chi connectivity index (χ2v) is 6.44. The highest BCUT2D eigenvalue weighted by molar-refractivity contribution is 6.31. The number of rotatable bonds is 3. The lowest BCUT2D eigenvalue weighted by atomic mass is 9.82. The molecule has 2 amide bonds. The Morgan fingerprint density at radius 3 is 3.14 bits per heavy atom. The maximum Gasteiger partial charge on any atom is 0.321 e. The van der Waals surface area contributed by atoms with Crippen LogP contribution < -0.4 is 15.4 Å². The van der Waals surface area contributed by atoms with E-state index in [-0.39, 0.29) is 18.1 Å². The average molecular weight is 326 g/mol. The van der Waals surface area contributed by atoms with Crippen LogP contribution in [0.1, 0.15) is 0 Å². The molecule has 1 aromatic carbocycles.